The van der Waals surface area contributed by atoms with Crippen LogP contribution in [0.15, 0.2) is 65.6 Å². The van der Waals surface area contributed by atoms with E-state index in [1.807, 2.05) is 0 Å². The largest absolute Gasteiger partial charge is 0.513 e. The molecule has 3 heterocycles. The molecule has 0 saturated heterocycles. The van der Waals surface area contributed by atoms with E-state index in [1.54, 1.807) is 45.2 Å². The fraction of sp³-hybridized carbons (Fsp3) is 0.269. The minimum absolute atomic E-state index is 0.0164. The Kier molecular flexibility index (Phi) is 8.21. The molecule has 0 spiro atoms. The van der Waals surface area contributed by atoms with Crippen LogP contribution in [0, 0.1) is 12.3 Å². The van der Waals surface area contributed by atoms with Gasteiger partial charge in [0.05, 0.1) is 17.1 Å². The Morgan fingerprint density at radius 3 is 2.45 bits per heavy atom. The quantitative estimate of drug-likeness (QED) is 0.385. The van der Waals surface area contributed by atoms with Crippen molar-refractivity contribution in [3.63, 3.8) is 0 Å². The van der Waals surface area contributed by atoms with Crippen molar-refractivity contribution in [2.45, 2.75) is 25.7 Å². The molecule has 1 aromatic carbocycles. The Morgan fingerprint density at radius 2 is 1.77 bits per heavy atom. The molecule has 0 saturated carbocycles. The van der Waals surface area contributed by atoms with Crippen LogP contribution in [0.5, 0.6) is 0 Å². The first kappa shape index (κ1) is 28.7. The van der Waals surface area contributed by atoms with Crippen LogP contribution >= 0.6 is 11.3 Å². The van der Waals surface area contributed by atoms with Crippen LogP contribution in [0.2, 0.25) is 0 Å². The lowest BCUT2D eigenvalue weighted by molar-refractivity contribution is -0.113. The van der Waals surface area contributed by atoms with E-state index >= 15 is 0 Å². The number of hydrogen-bond acceptors (Lipinski definition) is 11. The lowest BCUT2D eigenvalue weighted by Gasteiger charge is -2.30. The fourth-order valence-electron chi connectivity index (χ4n) is 3.57. The summed E-state index contributed by atoms with van der Waals surface area (Å²) in [5, 5.41) is 2.79. The molecule has 0 atom stereocenters. The van der Waals surface area contributed by atoms with Crippen molar-refractivity contribution in [3.05, 3.63) is 76.7 Å². The van der Waals surface area contributed by atoms with E-state index in [-0.39, 0.29) is 40.1 Å². The average molecular weight is 587 g/mol. The Bertz CT molecular complexity index is 1580. The van der Waals surface area contributed by atoms with Gasteiger partial charge in [0.15, 0.2) is 16.6 Å². The molecule has 0 bridgehead atoms. The number of carbonyl (C=O) groups excluding carboxylic acids is 3. The van der Waals surface area contributed by atoms with Gasteiger partial charge in [-0.2, -0.15) is 0 Å². The normalized spacial score (nSPS) is 14.2. The van der Waals surface area contributed by atoms with Crippen molar-refractivity contribution in [2.24, 2.45) is 5.41 Å². The lowest BCUT2D eigenvalue weighted by Crippen LogP contribution is -2.38. The van der Waals surface area contributed by atoms with Crippen LogP contribution in [0.1, 0.15) is 34.6 Å². The molecule has 14 heteroatoms. The minimum Gasteiger partial charge on any atom is -0.461 e. The number of amides is 1. The summed E-state index contributed by atoms with van der Waals surface area (Å²) in [6, 6.07) is 8.99. The number of fused-ring (bicyclic) bond motifs is 1. The van der Waals surface area contributed by atoms with E-state index in [0.29, 0.717) is 0 Å². The maximum atomic E-state index is 13.3. The second-order valence-corrected chi connectivity index (χ2v) is 12.7. The van der Waals surface area contributed by atoms with Crippen LogP contribution in [0.4, 0.5) is 9.93 Å². The van der Waals surface area contributed by atoms with Gasteiger partial charge < -0.3 is 14.2 Å². The highest BCUT2D eigenvalue weighted by Gasteiger charge is 2.40. The average Bonchev–Trinajstić information content (AvgIpc) is 3.34. The zero-order valence-corrected chi connectivity index (χ0v) is 23.7. The smallest absolute Gasteiger partial charge is 0.461 e. The maximum absolute atomic E-state index is 13.3. The molecule has 12 nitrogen and oxygen atoms in total. The van der Waals surface area contributed by atoms with Gasteiger partial charge in [0.25, 0.3) is 15.9 Å². The molecule has 0 aliphatic carbocycles. The number of thiazole rings is 1. The highest BCUT2D eigenvalue weighted by molar-refractivity contribution is 7.89. The van der Waals surface area contributed by atoms with Gasteiger partial charge >= 0.3 is 12.1 Å². The van der Waals surface area contributed by atoms with Crippen molar-refractivity contribution >= 4 is 50.3 Å². The van der Waals surface area contributed by atoms with Crippen molar-refractivity contribution in [1.29, 1.82) is 0 Å². The standard InChI is InChI=1S/C26H26N4O8S2/c1-16-12-28-24(39-16)29-22(31)20-21(18-9-5-6-10-19(18)40(34,35)30(20)4)38-25(33)37-15-26(2,3)14-36-23(32)17-8-7-11-27-13-17/h5-13H,14-15H2,1-4H3,(H,28,29,31). The van der Waals surface area contributed by atoms with E-state index in [9.17, 15) is 22.8 Å². The van der Waals surface area contributed by atoms with Gasteiger partial charge in [-0.05, 0) is 31.2 Å². The number of ether oxygens (including phenoxy) is 3. The Morgan fingerprint density at radius 1 is 1.05 bits per heavy atom. The van der Waals surface area contributed by atoms with Crippen LogP contribution in [0.3, 0.4) is 0 Å². The van der Waals surface area contributed by atoms with Crippen LogP contribution < -0.4 is 5.32 Å². The van der Waals surface area contributed by atoms with Crippen LogP contribution in [-0.4, -0.2) is 61.0 Å². The van der Waals surface area contributed by atoms with Crippen LogP contribution in [-0.2, 0) is 29.0 Å². The number of likely N-dealkylation sites (N-methyl/N-ethyl adjacent to an activating group) is 1. The topological polar surface area (TPSA) is 154 Å². The number of hydrogen-bond donors (Lipinski definition) is 1. The van der Waals surface area contributed by atoms with E-state index in [2.05, 4.69) is 15.3 Å². The van der Waals surface area contributed by atoms with Crippen molar-refractivity contribution in [2.75, 3.05) is 25.6 Å². The van der Waals surface area contributed by atoms with Gasteiger partial charge in [-0.15, -0.1) is 11.3 Å². The van der Waals surface area contributed by atoms with Crippen molar-refractivity contribution in [1.82, 2.24) is 14.3 Å². The van der Waals surface area contributed by atoms with Crippen LogP contribution in [0.25, 0.3) is 5.76 Å². The number of aromatic nitrogens is 2. The summed E-state index contributed by atoms with van der Waals surface area (Å²) in [6.45, 7) is 4.92. The number of rotatable bonds is 8. The summed E-state index contributed by atoms with van der Waals surface area (Å²) in [5.74, 6) is -1.73. The van der Waals surface area contributed by atoms with Gasteiger partial charge in [0.1, 0.15) is 6.61 Å². The van der Waals surface area contributed by atoms with E-state index < -0.39 is 39.2 Å². The minimum atomic E-state index is -4.13. The molecule has 4 rings (SSSR count). The summed E-state index contributed by atoms with van der Waals surface area (Å²) in [5.41, 5.74) is -0.936. The number of carbonyl (C=O) groups is 3. The molecule has 0 fully saturated rings. The van der Waals surface area contributed by atoms with Gasteiger partial charge in [-0.25, -0.2) is 23.0 Å². The predicted octanol–water partition coefficient (Wildman–Crippen LogP) is 3.82. The lowest BCUT2D eigenvalue weighted by atomic mass is 9.96. The molecule has 1 aliphatic heterocycles. The molecule has 0 unspecified atom stereocenters. The zero-order valence-electron chi connectivity index (χ0n) is 22.0. The number of nitrogens with zero attached hydrogens (tertiary/aromatic N) is 3. The Labute approximate surface area is 234 Å². The molecular weight excluding hydrogens is 560 g/mol. The summed E-state index contributed by atoms with van der Waals surface area (Å²) in [7, 11) is -2.95. The molecule has 210 valence electrons. The number of nitrogens with one attached hydrogen (secondary N) is 1. The van der Waals surface area contributed by atoms with Gasteiger partial charge in [0.2, 0.25) is 0 Å². The Balaban J connectivity index is 1.53. The first-order valence-electron chi connectivity index (χ1n) is 11.9. The zero-order chi connectivity index (χ0) is 29.1. The highest BCUT2D eigenvalue weighted by atomic mass is 32.2. The van der Waals surface area contributed by atoms with Gasteiger partial charge in [-0.1, -0.05) is 26.0 Å². The predicted molar refractivity (Wildman–Crippen MR) is 145 cm³/mol. The summed E-state index contributed by atoms with van der Waals surface area (Å²) >= 11 is 1.19. The molecule has 1 aliphatic rings. The summed E-state index contributed by atoms with van der Waals surface area (Å²) in [4.78, 5) is 46.9. The fourth-order valence-corrected chi connectivity index (χ4v) is 5.62. The number of pyridine rings is 1. The third-order valence-corrected chi connectivity index (χ3v) is 8.26. The third-order valence-electron chi connectivity index (χ3n) is 5.61. The number of sulfonamides is 1. The molecule has 40 heavy (non-hydrogen) atoms. The first-order valence-corrected chi connectivity index (χ1v) is 14.1. The molecule has 0 radical (unpaired) electrons. The van der Waals surface area contributed by atoms with Gasteiger partial charge in [-0.3, -0.25) is 19.4 Å². The third kappa shape index (κ3) is 6.29. The monoisotopic (exact) mass is 586 g/mol. The van der Waals surface area contributed by atoms with Crippen molar-refractivity contribution in [3.8, 4) is 0 Å². The first-order chi connectivity index (χ1) is 18.9. The number of aryl methyl sites for hydroxylation is 1. The highest BCUT2D eigenvalue weighted by Crippen LogP contribution is 2.37. The second-order valence-electron chi connectivity index (χ2n) is 9.50. The Hall–Kier alpha value is -4.30. The number of anilines is 1. The molecule has 2 aromatic heterocycles. The van der Waals surface area contributed by atoms with E-state index in [4.69, 9.17) is 14.2 Å². The second kappa shape index (κ2) is 11.4. The van der Waals surface area contributed by atoms with Crippen molar-refractivity contribution < 1.29 is 37.0 Å². The molecular formula is C26H26N4O8S2. The van der Waals surface area contributed by atoms with E-state index in [1.165, 1.54) is 49.0 Å². The number of benzene rings is 1. The summed E-state index contributed by atoms with van der Waals surface area (Å²) < 4.78 is 43.2. The maximum Gasteiger partial charge on any atom is 0.513 e. The summed E-state index contributed by atoms with van der Waals surface area (Å²) in [6.07, 6.45) is 3.28. The van der Waals surface area contributed by atoms with E-state index in [0.717, 1.165) is 9.18 Å². The SMILES string of the molecule is Cc1cnc(NC(=O)C2=C(OC(=O)OCC(C)(C)COC(=O)c3cccnc3)c3ccccc3S(=O)(=O)N2C)s1. The van der Waals surface area contributed by atoms with Gasteiger partial charge in [0, 0.05) is 41.5 Å². The molecule has 3 aromatic rings. The number of esters is 1. The molecule has 1 N–H and O–H groups in total. The molecule has 1 amide bonds.